The molecule has 2 unspecified atom stereocenters. The van der Waals surface area contributed by atoms with Gasteiger partial charge in [-0.1, -0.05) is 25.4 Å². The highest BCUT2D eigenvalue weighted by Crippen LogP contribution is 2.22. The number of aromatic nitrogens is 1. The minimum Gasteiger partial charge on any atom is -0.480 e. The summed E-state index contributed by atoms with van der Waals surface area (Å²) in [5.41, 5.74) is 1.22. The van der Waals surface area contributed by atoms with Gasteiger partial charge in [0.2, 0.25) is 5.91 Å². The van der Waals surface area contributed by atoms with Crippen molar-refractivity contribution < 1.29 is 19.5 Å². The van der Waals surface area contributed by atoms with Gasteiger partial charge in [0.05, 0.1) is 0 Å². The van der Waals surface area contributed by atoms with Crippen molar-refractivity contribution in [1.82, 2.24) is 15.2 Å². The van der Waals surface area contributed by atoms with Gasteiger partial charge < -0.3 is 20.3 Å². The SMILES string of the molecule is CC(C)CC(NC(=O)C(C)NC(=O)c1cc2cc(Cl)ccc2n1C)C(=O)O. The van der Waals surface area contributed by atoms with E-state index in [-0.39, 0.29) is 5.92 Å². The molecule has 8 heteroatoms. The Morgan fingerprint density at radius 3 is 2.41 bits per heavy atom. The predicted octanol–water partition coefficient (Wildman–Crippen LogP) is 2.57. The van der Waals surface area contributed by atoms with Crippen LogP contribution in [0.15, 0.2) is 24.3 Å². The van der Waals surface area contributed by atoms with E-state index in [0.717, 1.165) is 10.9 Å². The second-order valence-electron chi connectivity index (χ2n) is 7.02. The molecular formula is C19H24ClN3O4. The van der Waals surface area contributed by atoms with Crippen molar-refractivity contribution in [2.24, 2.45) is 13.0 Å². The van der Waals surface area contributed by atoms with Crippen LogP contribution in [0.2, 0.25) is 5.02 Å². The molecule has 2 atom stereocenters. The second-order valence-corrected chi connectivity index (χ2v) is 7.45. The number of aryl methyl sites for hydroxylation is 1. The van der Waals surface area contributed by atoms with Crippen molar-refractivity contribution in [3.63, 3.8) is 0 Å². The fraction of sp³-hybridized carbons (Fsp3) is 0.421. The monoisotopic (exact) mass is 393 g/mol. The van der Waals surface area contributed by atoms with Crippen LogP contribution in [0, 0.1) is 5.92 Å². The largest absolute Gasteiger partial charge is 0.480 e. The summed E-state index contributed by atoms with van der Waals surface area (Å²) >= 11 is 5.98. The molecule has 0 fully saturated rings. The lowest BCUT2D eigenvalue weighted by molar-refractivity contribution is -0.142. The number of fused-ring (bicyclic) bond motifs is 1. The van der Waals surface area contributed by atoms with Gasteiger partial charge in [-0.25, -0.2) is 4.79 Å². The summed E-state index contributed by atoms with van der Waals surface area (Å²) in [6.45, 7) is 5.26. The third-order valence-corrected chi connectivity index (χ3v) is 4.53. The van der Waals surface area contributed by atoms with Gasteiger partial charge in [0, 0.05) is 23.0 Å². The fourth-order valence-corrected chi connectivity index (χ4v) is 3.04. The van der Waals surface area contributed by atoms with Gasteiger partial charge in [-0.3, -0.25) is 9.59 Å². The first-order chi connectivity index (χ1) is 12.6. The van der Waals surface area contributed by atoms with Gasteiger partial charge in [0.1, 0.15) is 17.8 Å². The van der Waals surface area contributed by atoms with Crippen LogP contribution in [0.3, 0.4) is 0 Å². The molecule has 0 saturated heterocycles. The number of nitrogens with one attached hydrogen (secondary N) is 2. The number of hydrogen-bond acceptors (Lipinski definition) is 3. The van der Waals surface area contributed by atoms with Crippen molar-refractivity contribution in [2.45, 2.75) is 39.3 Å². The fourth-order valence-electron chi connectivity index (χ4n) is 2.86. The van der Waals surface area contributed by atoms with Crippen molar-refractivity contribution in [1.29, 1.82) is 0 Å². The molecule has 146 valence electrons. The molecule has 27 heavy (non-hydrogen) atoms. The van der Waals surface area contributed by atoms with E-state index in [1.54, 1.807) is 29.8 Å². The van der Waals surface area contributed by atoms with Gasteiger partial charge in [0.25, 0.3) is 5.91 Å². The summed E-state index contributed by atoms with van der Waals surface area (Å²) in [7, 11) is 1.75. The maximum absolute atomic E-state index is 12.6. The van der Waals surface area contributed by atoms with Crippen molar-refractivity contribution in [2.75, 3.05) is 0 Å². The van der Waals surface area contributed by atoms with Crippen LogP contribution in [-0.4, -0.2) is 39.5 Å². The minimum atomic E-state index is -1.10. The van der Waals surface area contributed by atoms with Gasteiger partial charge >= 0.3 is 5.97 Å². The molecule has 3 N–H and O–H groups in total. The molecule has 7 nitrogen and oxygen atoms in total. The summed E-state index contributed by atoms with van der Waals surface area (Å²) in [6.07, 6.45) is 0.311. The second kappa shape index (κ2) is 8.43. The summed E-state index contributed by atoms with van der Waals surface area (Å²) in [5, 5.41) is 15.7. The molecule has 2 aromatic rings. The first-order valence-corrected chi connectivity index (χ1v) is 9.07. The Kier molecular flexibility index (Phi) is 6.49. The van der Waals surface area contributed by atoms with Gasteiger partial charge in [-0.2, -0.15) is 0 Å². The van der Waals surface area contributed by atoms with Crippen LogP contribution < -0.4 is 10.6 Å². The lowest BCUT2D eigenvalue weighted by atomic mass is 10.0. The Hall–Kier alpha value is -2.54. The number of aliphatic carboxylic acids is 1. The lowest BCUT2D eigenvalue weighted by Gasteiger charge is -2.20. The van der Waals surface area contributed by atoms with Crippen LogP contribution in [-0.2, 0) is 16.6 Å². The highest BCUT2D eigenvalue weighted by atomic mass is 35.5. The number of nitrogens with zero attached hydrogens (tertiary/aromatic N) is 1. The molecule has 0 aliphatic rings. The average Bonchev–Trinajstić information content (AvgIpc) is 2.89. The van der Waals surface area contributed by atoms with E-state index < -0.39 is 29.9 Å². The number of carbonyl (C=O) groups is 3. The molecule has 1 heterocycles. The molecular weight excluding hydrogens is 370 g/mol. The van der Waals surface area contributed by atoms with Crippen molar-refractivity contribution >= 4 is 40.3 Å². The van der Waals surface area contributed by atoms with Crippen LogP contribution >= 0.6 is 11.6 Å². The molecule has 2 rings (SSSR count). The van der Waals surface area contributed by atoms with Gasteiger partial charge in [-0.15, -0.1) is 0 Å². The van der Waals surface area contributed by atoms with E-state index in [9.17, 15) is 19.5 Å². The number of carbonyl (C=O) groups excluding carboxylic acids is 2. The number of hydrogen-bond donors (Lipinski definition) is 3. The van der Waals surface area contributed by atoms with Crippen LogP contribution in [0.5, 0.6) is 0 Å². The third kappa shape index (κ3) is 5.01. The summed E-state index contributed by atoms with van der Waals surface area (Å²) < 4.78 is 1.71. The zero-order chi connectivity index (χ0) is 20.3. The topological polar surface area (TPSA) is 100 Å². The molecule has 0 spiro atoms. The van der Waals surface area contributed by atoms with E-state index in [1.807, 2.05) is 19.9 Å². The Morgan fingerprint density at radius 1 is 1.15 bits per heavy atom. The molecule has 1 aromatic carbocycles. The normalized spacial score (nSPS) is 13.4. The number of halogens is 1. The Balaban J connectivity index is 2.09. The highest BCUT2D eigenvalue weighted by Gasteiger charge is 2.25. The van der Waals surface area contributed by atoms with Gasteiger partial charge in [-0.05, 0) is 43.5 Å². The zero-order valence-corrected chi connectivity index (χ0v) is 16.5. The molecule has 0 saturated carbocycles. The maximum atomic E-state index is 12.6. The third-order valence-electron chi connectivity index (χ3n) is 4.30. The first kappa shape index (κ1) is 20.8. The van der Waals surface area contributed by atoms with Crippen molar-refractivity contribution in [3.05, 3.63) is 35.0 Å². The summed E-state index contributed by atoms with van der Waals surface area (Å²) in [6, 6.07) is 5.13. The van der Waals surface area contributed by atoms with Crippen LogP contribution in [0.4, 0.5) is 0 Å². The van der Waals surface area contributed by atoms with E-state index in [1.165, 1.54) is 6.92 Å². The summed E-state index contributed by atoms with van der Waals surface area (Å²) in [4.78, 5) is 36.2. The Bertz CT molecular complexity index is 875. The maximum Gasteiger partial charge on any atom is 0.326 e. The number of benzene rings is 1. The highest BCUT2D eigenvalue weighted by molar-refractivity contribution is 6.31. The van der Waals surface area contributed by atoms with E-state index >= 15 is 0 Å². The van der Waals surface area contributed by atoms with Gasteiger partial charge in [0.15, 0.2) is 0 Å². The molecule has 2 amide bonds. The standard InChI is InChI=1S/C19H24ClN3O4/c1-10(2)7-14(19(26)27)22-17(24)11(3)21-18(25)16-9-12-8-13(20)5-6-15(12)23(16)4/h5-6,8-11,14H,7H2,1-4H3,(H,21,25)(H,22,24)(H,26,27). The Morgan fingerprint density at radius 2 is 1.81 bits per heavy atom. The number of carboxylic acids is 1. The summed E-state index contributed by atoms with van der Waals surface area (Å²) in [5.74, 6) is -1.96. The molecule has 0 aliphatic heterocycles. The lowest BCUT2D eigenvalue weighted by Crippen LogP contribution is -2.50. The molecule has 1 aromatic heterocycles. The molecule has 0 aliphatic carbocycles. The van der Waals surface area contributed by atoms with E-state index in [4.69, 9.17) is 11.6 Å². The van der Waals surface area contributed by atoms with E-state index in [0.29, 0.717) is 17.1 Å². The molecule has 0 radical (unpaired) electrons. The number of rotatable bonds is 7. The number of carboxylic acid groups (broad SMARTS) is 1. The zero-order valence-electron chi connectivity index (χ0n) is 15.7. The first-order valence-electron chi connectivity index (χ1n) is 8.69. The predicted molar refractivity (Wildman–Crippen MR) is 104 cm³/mol. The average molecular weight is 394 g/mol. The van der Waals surface area contributed by atoms with E-state index in [2.05, 4.69) is 10.6 Å². The quantitative estimate of drug-likeness (QED) is 0.673. The Labute approximate surface area is 162 Å². The number of amides is 2. The smallest absolute Gasteiger partial charge is 0.326 e. The minimum absolute atomic E-state index is 0.110. The van der Waals surface area contributed by atoms with Crippen LogP contribution in [0.1, 0.15) is 37.7 Å². The molecule has 0 bridgehead atoms. The van der Waals surface area contributed by atoms with Crippen molar-refractivity contribution in [3.8, 4) is 0 Å². The van der Waals surface area contributed by atoms with Crippen LogP contribution in [0.25, 0.3) is 10.9 Å².